The molecule has 20 heavy (non-hydrogen) atoms. The molecule has 0 atom stereocenters. The molecule has 2 rings (SSSR count). The van der Waals surface area contributed by atoms with E-state index >= 15 is 0 Å². The number of nitrogens with one attached hydrogen (secondary N) is 1. The van der Waals surface area contributed by atoms with Crippen LogP contribution in [0.15, 0.2) is 33.6 Å². The summed E-state index contributed by atoms with van der Waals surface area (Å²) in [6.45, 7) is 3.46. The fourth-order valence-corrected chi connectivity index (χ4v) is 4.86. The highest BCUT2D eigenvalue weighted by Crippen LogP contribution is 2.31. The monoisotopic (exact) mass is 375 g/mol. The van der Waals surface area contributed by atoms with Crippen molar-refractivity contribution in [2.75, 3.05) is 4.72 Å². The minimum atomic E-state index is -3.65. The third-order valence-electron chi connectivity index (χ3n) is 2.80. The van der Waals surface area contributed by atoms with Crippen LogP contribution in [0.1, 0.15) is 15.3 Å². The Kier molecular flexibility index (Phi) is 4.53. The first-order valence-electron chi connectivity index (χ1n) is 5.83. The van der Waals surface area contributed by atoms with E-state index in [9.17, 15) is 8.42 Å². The van der Waals surface area contributed by atoms with Gasteiger partial charge in [0.1, 0.15) is 4.90 Å². The van der Waals surface area contributed by atoms with Crippen molar-refractivity contribution in [2.45, 2.75) is 25.3 Å². The first kappa shape index (κ1) is 15.5. The number of thiophene rings is 1. The number of benzene rings is 1. The molecule has 0 bridgehead atoms. The molecule has 7 heteroatoms. The zero-order chi connectivity index (χ0) is 14.9. The molecule has 1 aromatic heterocycles. The van der Waals surface area contributed by atoms with Gasteiger partial charge in [0.05, 0.1) is 12.3 Å². The second-order valence-electron chi connectivity index (χ2n) is 4.33. The van der Waals surface area contributed by atoms with Crippen molar-refractivity contribution in [3.63, 3.8) is 0 Å². The highest BCUT2D eigenvalue weighted by atomic mass is 79.9. The van der Waals surface area contributed by atoms with E-state index in [2.05, 4.69) is 20.7 Å². The second-order valence-corrected chi connectivity index (χ2v) is 8.12. The maximum atomic E-state index is 12.4. The van der Waals surface area contributed by atoms with Crippen LogP contribution < -0.4 is 4.72 Å². The van der Waals surface area contributed by atoms with Crippen LogP contribution in [0.2, 0.25) is 0 Å². The van der Waals surface area contributed by atoms with Gasteiger partial charge in [0.2, 0.25) is 0 Å². The zero-order valence-corrected chi connectivity index (χ0v) is 14.2. The van der Waals surface area contributed by atoms with Gasteiger partial charge in [-0.05, 0) is 47.5 Å². The molecule has 0 saturated heterocycles. The van der Waals surface area contributed by atoms with Crippen molar-refractivity contribution in [1.82, 2.24) is 0 Å². The predicted octanol–water partition coefficient (Wildman–Crippen LogP) is 3.42. The number of aryl methyl sites for hydroxylation is 2. The van der Waals surface area contributed by atoms with Gasteiger partial charge in [0, 0.05) is 14.2 Å². The standard InChI is InChI=1S/C13H14BrNO3S2/c1-8-4-3-5-11(13(8)14)15-20(17,18)12-6-10(7-16)19-9(12)2/h3-6,15-16H,7H2,1-2H3. The van der Waals surface area contributed by atoms with E-state index < -0.39 is 10.0 Å². The number of aliphatic hydroxyl groups excluding tert-OH is 1. The second kappa shape index (κ2) is 5.85. The summed E-state index contributed by atoms with van der Waals surface area (Å²) in [6.07, 6.45) is 0. The van der Waals surface area contributed by atoms with Gasteiger partial charge in [0.15, 0.2) is 0 Å². The molecule has 0 aliphatic heterocycles. The molecule has 1 aromatic carbocycles. The molecule has 0 unspecified atom stereocenters. The zero-order valence-electron chi connectivity index (χ0n) is 11.0. The number of rotatable bonds is 4. The maximum absolute atomic E-state index is 12.4. The van der Waals surface area contributed by atoms with E-state index in [0.29, 0.717) is 15.4 Å². The third-order valence-corrected chi connectivity index (χ3v) is 6.51. The summed E-state index contributed by atoms with van der Waals surface area (Å²) < 4.78 is 28.1. The van der Waals surface area contributed by atoms with Crippen molar-refractivity contribution >= 4 is 43.0 Å². The first-order valence-corrected chi connectivity index (χ1v) is 8.92. The van der Waals surface area contributed by atoms with Gasteiger partial charge in [-0.3, -0.25) is 4.72 Å². The van der Waals surface area contributed by atoms with Crippen LogP contribution in [-0.4, -0.2) is 13.5 Å². The van der Waals surface area contributed by atoms with Crippen LogP contribution in [-0.2, 0) is 16.6 Å². The smallest absolute Gasteiger partial charge is 0.263 e. The molecule has 0 radical (unpaired) electrons. The molecular weight excluding hydrogens is 362 g/mol. The number of halogens is 1. The van der Waals surface area contributed by atoms with Crippen molar-refractivity contribution in [1.29, 1.82) is 0 Å². The third kappa shape index (κ3) is 3.06. The normalized spacial score (nSPS) is 11.6. The average molecular weight is 376 g/mol. The highest BCUT2D eigenvalue weighted by molar-refractivity contribution is 9.10. The highest BCUT2D eigenvalue weighted by Gasteiger charge is 2.21. The van der Waals surface area contributed by atoms with Crippen molar-refractivity contribution in [3.8, 4) is 0 Å². The van der Waals surface area contributed by atoms with E-state index in [1.807, 2.05) is 13.0 Å². The van der Waals surface area contributed by atoms with Crippen molar-refractivity contribution < 1.29 is 13.5 Å². The molecule has 0 fully saturated rings. The summed E-state index contributed by atoms with van der Waals surface area (Å²) in [7, 11) is -3.65. The Morgan fingerprint density at radius 3 is 2.65 bits per heavy atom. The Morgan fingerprint density at radius 1 is 1.35 bits per heavy atom. The van der Waals surface area contributed by atoms with Crippen molar-refractivity contribution in [2.24, 2.45) is 0 Å². The molecule has 2 aromatic rings. The molecule has 0 saturated carbocycles. The molecule has 0 amide bonds. The van der Waals surface area contributed by atoms with Crippen LogP contribution in [0.4, 0.5) is 5.69 Å². The maximum Gasteiger partial charge on any atom is 0.263 e. The molecule has 2 N–H and O–H groups in total. The lowest BCUT2D eigenvalue weighted by Crippen LogP contribution is -2.13. The van der Waals surface area contributed by atoms with Crippen LogP contribution in [0.5, 0.6) is 0 Å². The average Bonchev–Trinajstić information content (AvgIpc) is 2.77. The molecule has 0 aliphatic carbocycles. The number of hydrogen-bond acceptors (Lipinski definition) is 4. The summed E-state index contributed by atoms with van der Waals surface area (Å²) in [4.78, 5) is 1.50. The Balaban J connectivity index is 2.40. The molecule has 0 spiro atoms. The molecule has 0 aliphatic rings. The van der Waals surface area contributed by atoms with Gasteiger partial charge in [-0.1, -0.05) is 12.1 Å². The lowest BCUT2D eigenvalue weighted by molar-refractivity contribution is 0.285. The molecular formula is C13H14BrNO3S2. The fraction of sp³-hybridized carbons (Fsp3) is 0.231. The number of aliphatic hydroxyl groups is 1. The lowest BCUT2D eigenvalue weighted by atomic mass is 10.2. The van der Waals surface area contributed by atoms with Crippen LogP contribution in [0.25, 0.3) is 0 Å². The quantitative estimate of drug-likeness (QED) is 0.859. The summed E-state index contributed by atoms with van der Waals surface area (Å²) in [6, 6.07) is 6.88. The van der Waals surface area contributed by atoms with Crippen LogP contribution in [0, 0.1) is 13.8 Å². The van der Waals surface area contributed by atoms with E-state index in [0.717, 1.165) is 10.0 Å². The Bertz CT molecular complexity index is 738. The Labute approximate surface area is 130 Å². The van der Waals surface area contributed by atoms with Gasteiger partial charge in [0.25, 0.3) is 10.0 Å². The van der Waals surface area contributed by atoms with Gasteiger partial charge in [-0.2, -0.15) is 0 Å². The van der Waals surface area contributed by atoms with E-state index in [-0.39, 0.29) is 11.5 Å². The molecule has 4 nitrogen and oxygen atoms in total. The van der Waals surface area contributed by atoms with Gasteiger partial charge >= 0.3 is 0 Å². The van der Waals surface area contributed by atoms with E-state index in [1.54, 1.807) is 19.1 Å². The largest absolute Gasteiger partial charge is 0.391 e. The van der Waals surface area contributed by atoms with E-state index in [4.69, 9.17) is 5.11 Å². The van der Waals surface area contributed by atoms with Gasteiger partial charge in [-0.25, -0.2) is 8.42 Å². The molecule has 1 heterocycles. The Morgan fingerprint density at radius 2 is 2.05 bits per heavy atom. The number of sulfonamides is 1. The summed E-state index contributed by atoms with van der Waals surface area (Å²) in [5, 5.41) is 9.10. The van der Waals surface area contributed by atoms with Crippen LogP contribution >= 0.6 is 27.3 Å². The predicted molar refractivity (Wildman–Crippen MR) is 84.7 cm³/mol. The fourth-order valence-electron chi connectivity index (χ4n) is 1.79. The van der Waals surface area contributed by atoms with Crippen LogP contribution in [0.3, 0.4) is 0 Å². The number of anilines is 1. The summed E-state index contributed by atoms with van der Waals surface area (Å²) in [5.41, 5.74) is 1.45. The topological polar surface area (TPSA) is 66.4 Å². The minimum Gasteiger partial charge on any atom is -0.391 e. The lowest BCUT2D eigenvalue weighted by Gasteiger charge is -2.10. The first-order chi connectivity index (χ1) is 9.35. The summed E-state index contributed by atoms with van der Waals surface area (Å²) in [5.74, 6) is 0. The minimum absolute atomic E-state index is 0.158. The summed E-state index contributed by atoms with van der Waals surface area (Å²) >= 11 is 4.66. The number of hydrogen-bond donors (Lipinski definition) is 2. The SMILES string of the molecule is Cc1cccc(NS(=O)(=O)c2cc(CO)sc2C)c1Br. The van der Waals surface area contributed by atoms with Gasteiger partial charge in [-0.15, -0.1) is 11.3 Å². The van der Waals surface area contributed by atoms with Gasteiger partial charge < -0.3 is 5.11 Å². The van der Waals surface area contributed by atoms with E-state index in [1.165, 1.54) is 17.4 Å². The molecule has 108 valence electrons. The Hall–Kier alpha value is -0.890. The van der Waals surface area contributed by atoms with Crippen molar-refractivity contribution in [3.05, 3.63) is 44.1 Å².